The lowest BCUT2D eigenvalue weighted by atomic mass is 9.87. The Hall–Kier alpha value is -1.97. The van der Waals surface area contributed by atoms with Crippen molar-refractivity contribution in [3.05, 3.63) is 78.4 Å². The molecule has 3 rings (SSSR count). The van der Waals surface area contributed by atoms with Crippen LogP contribution in [0.25, 0.3) is 22.3 Å². The van der Waals surface area contributed by atoms with Gasteiger partial charge in [-0.05, 0) is 41.2 Å². The number of hydrogen-bond acceptors (Lipinski definition) is 2. The van der Waals surface area contributed by atoms with Gasteiger partial charge in [0, 0.05) is 17.4 Å². The first-order valence-electron chi connectivity index (χ1n) is 11.5. The van der Waals surface area contributed by atoms with Gasteiger partial charge in [0.1, 0.15) is 5.75 Å². The van der Waals surface area contributed by atoms with E-state index in [1.54, 1.807) is 0 Å². The van der Waals surface area contributed by atoms with E-state index in [0.29, 0.717) is 5.75 Å². The van der Waals surface area contributed by atoms with Gasteiger partial charge in [-0.3, -0.25) is 0 Å². The van der Waals surface area contributed by atoms with Crippen LogP contribution < -0.4 is 4.52 Å². The molecular weight excluding hydrogens is 435 g/mol. The summed E-state index contributed by atoms with van der Waals surface area (Å²) in [4.78, 5) is 19.8. The van der Waals surface area contributed by atoms with Crippen molar-refractivity contribution >= 4 is 18.5 Å². The van der Waals surface area contributed by atoms with Gasteiger partial charge in [-0.15, -0.1) is 0 Å². The molecule has 3 aromatic rings. The second kappa shape index (κ2) is 12.3. The summed E-state index contributed by atoms with van der Waals surface area (Å²) in [7, 11) is 0. The largest absolute Gasteiger partial charge is 0.424 e. The minimum atomic E-state index is -3.87. The summed E-state index contributed by atoms with van der Waals surface area (Å²) >= 11 is 4.80. The van der Waals surface area contributed by atoms with Crippen molar-refractivity contribution in [3.8, 4) is 28.0 Å². The van der Waals surface area contributed by atoms with Gasteiger partial charge in [-0.1, -0.05) is 112 Å². The molecule has 5 heteroatoms. The van der Waals surface area contributed by atoms with Crippen molar-refractivity contribution in [2.24, 2.45) is 0 Å². The van der Waals surface area contributed by atoms with Crippen LogP contribution in [0, 0.1) is 0 Å². The van der Waals surface area contributed by atoms with E-state index in [9.17, 15) is 9.79 Å². The Balaban J connectivity index is 1.99. The maximum absolute atomic E-state index is 9.89. The second-order valence-electron chi connectivity index (χ2n) is 8.16. The molecule has 0 amide bonds. The average molecular weight is 469 g/mol. The Kier molecular flexibility index (Phi) is 9.50. The van der Waals surface area contributed by atoms with Crippen molar-refractivity contribution in [2.75, 3.05) is 0 Å². The Morgan fingerprint density at radius 3 is 1.78 bits per heavy atom. The molecule has 170 valence electrons. The molecule has 0 aliphatic carbocycles. The molecule has 32 heavy (non-hydrogen) atoms. The summed E-state index contributed by atoms with van der Waals surface area (Å²) in [5.74, 6) is 0.409. The van der Waals surface area contributed by atoms with E-state index >= 15 is 0 Å². The zero-order chi connectivity index (χ0) is 22.8. The van der Waals surface area contributed by atoms with Crippen molar-refractivity contribution in [3.63, 3.8) is 0 Å². The van der Waals surface area contributed by atoms with Crippen LogP contribution in [0.2, 0.25) is 0 Å². The van der Waals surface area contributed by atoms with Gasteiger partial charge in [-0.2, -0.15) is 0 Å². The van der Waals surface area contributed by atoms with Crippen LogP contribution in [0.4, 0.5) is 0 Å². The standard InChI is InChI=1S/C27H33O3PS/c1-2-3-4-5-6-7-10-19-24-20-21-25(30-31(28,29)32)27(23-17-13-9-14-18-23)26(24)22-15-11-8-12-16-22/h8-9,11-18,20-21H,2-7,10,19H2,1H3,(H2,28,29,32). The third-order valence-electron chi connectivity index (χ3n) is 5.65. The SMILES string of the molecule is CCCCCCCCCc1ccc(OP(O)(O)=S)c(-c2ccccc2)c1-c1ccccc1. The van der Waals surface area contributed by atoms with Crippen LogP contribution in [0.3, 0.4) is 0 Å². The molecule has 0 heterocycles. The van der Waals surface area contributed by atoms with E-state index < -0.39 is 6.72 Å². The van der Waals surface area contributed by atoms with Crippen LogP contribution in [0.5, 0.6) is 5.75 Å². The molecular formula is C27H33O3PS. The van der Waals surface area contributed by atoms with Crippen LogP contribution in [0.1, 0.15) is 57.4 Å². The van der Waals surface area contributed by atoms with Crippen molar-refractivity contribution < 1.29 is 14.3 Å². The third-order valence-corrected chi connectivity index (χ3v) is 6.30. The Morgan fingerprint density at radius 1 is 0.688 bits per heavy atom. The highest BCUT2D eigenvalue weighted by Gasteiger charge is 2.21. The monoisotopic (exact) mass is 468 g/mol. The first-order chi connectivity index (χ1) is 15.5. The van der Waals surface area contributed by atoms with E-state index in [1.165, 1.54) is 44.1 Å². The minimum absolute atomic E-state index is 0.409. The highest BCUT2D eigenvalue weighted by Crippen LogP contribution is 2.47. The summed E-state index contributed by atoms with van der Waals surface area (Å²) in [6.07, 6.45) is 9.79. The lowest BCUT2D eigenvalue weighted by Gasteiger charge is -2.21. The van der Waals surface area contributed by atoms with Gasteiger partial charge in [0.15, 0.2) is 0 Å². The van der Waals surface area contributed by atoms with Gasteiger partial charge in [-0.25, -0.2) is 0 Å². The molecule has 0 aliphatic heterocycles. The summed E-state index contributed by atoms with van der Waals surface area (Å²) in [5.41, 5.74) is 5.21. The van der Waals surface area contributed by atoms with Crippen molar-refractivity contribution in [2.45, 2.75) is 58.3 Å². The van der Waals surface area contributed by atoms with Gasteiger partial charge in [0.25, 0.3) is 0 Å². The molecule has 0 atom stereocenters. The molecule has 0 bridgehead atoms. The molecule has 0 radical (unpaired) electrons. The minimum Gasteiger partial charge on any atom is -0.424 e. The predicted octanol–water partition coefficient (Wildman–Crippen LogP) is 7.90. The summed E-state index contributed by atoms with van der Waals surface area (Å²) in [6.45, 7) is -1.62. The number of aryl methyl sites for hydroxylation is 1. The molecule has 0 fully saturated rings. The number of rotatable bonds is 12. The first kappa shape index (κ1) is 24.7. The van der Waals surface area contributed by atoms with E-state index in [4.69, 9.17) is 16.3 Å². The van der Waals surface area contributed by atoms with Gasteiger partial charge in [0.2, 0.25) is 0 Å². The summed E-state index contributed by atoms with van der Waals surface area (Å²) < 4.78 is 5.52. The van der Waals surface area contributed by atoms with Gasteiger partial charge < -0.3 is 14.3 Å². The first-order valence-corrected chi connectivity index (χ1v) is 14.1. The number of benzene rings is 3. The van der Waals surface area contributed by atoms with Crippen molar-refractivity contribution in [1.82, 2.24) is 0 Å². The smallest absolute Gasteiger partial charge is 0.375 e. The lowest BCUT2D eigenvalue weighted by Crippen LogP contribution is -1.99. The molecule has 0 unspecified atom stereocenters. The summed E-state index contributed by atoms with van der Waals surface area (Å²) in [5, 5.41) is 0. The average Bonchev–Trinajstić information content (AvgIpc) is 2.79. The lowest BCUT2D eigenvalue weighted by molar-refractivity contribution is 0.371. The molecule has 3 nitrogen and oxygen atoms in total. The van der Waals surface area contributed by atoms with Crippen LogP contribution in [-0.4, -0.2) is 9.79 Å². The van der Waals surface area contributed by atoms with E-state index in [0.717, 1.165) is 35.1 Å². The highest BCUT2D eigenvalue weighted by molar-refractivity contribution is 8.06. The van der Waals surface area contributed by atoms with Gasteiger partial charge in [0.05, 0.1) is 0 Å². The molecule has 2 N–H and O–H groups in total. The maximum Gasteiger partial charge on any atom is 0.375 e. The predicted molar refractivity (Wildman–Crippen MR) is 138 cm³/mol. The molecule has 0 spiro atoms. The zero-order valence-electron chi connectivity index (χ0n) is 18.7. The molecule has 0 aliphatic rings. The quantitative estimate of drug-likeness (QED) is 0.209. The fourth-order valence-corrected chi connectivity index (χ4v) is 4.79. The molecule has 0 aromatic heterocycles. The number of unbranched alkanes of at least 4 members (excludes halogenated alkanes) is 6. The van der Waals surface area contributed by atoms with E-state index in [2.05, 4.69) is 19.1 Å². The topological polar surface area (TPSA) is 49.7 Å². The Labute approximate surface area is 197 Å². The normalized spacial score (nSPS) is 11.5. The third kappa shape index (κ3) is 7.28. The van der Waals surface area contributed by atoms with Gasteiger partial charge >= 0.3 is 6.72 Å². The van der Waals surface area contributed by atoms with E-state index in [1.807, 2.05) is 60.7 Å². The second-order valence-corrected chi connectivity index (χ2v) is 10.7. The van der Waals surface area contributed by atoms with E-state index in [-0.39, 0.29) is 0 Å². The molecule has 3 aromatic carbocycles. The Morgan fingerprint density at radius 2 is 1.22 bits per heavy atom. The number of hydrogen-bond donors (Lipinski definition) is 2. The van der Waals surface area contributed by atoms with Crippen LogP contribution in [0.15, 0.2) is 72.8 Å². The van der Waals surface area contributed by atoms with Crippen LogP contribution in [-0.2, 0) is 18.2 Å². The zero-order valence-corrected chi connectivity index (χ0v) is 20.5. The summed E-state index contributed by atoms with van der Waals surface area (Å²) in [6, 6.07) is 24.1. The highest BCUT2D eigenvalue weighted by atomic mass is 32.5. The molecule has 0 saturated heterocycles. The fourth-order valence-electron chi connectivity index (χ4n) is 4.14. The fraction of sp³-hybridized carbons (Fsp3) is 0.333. The van der Waals surface area contributed by atoms with Crippen molar-refractivity contribution in [1.29, 1.82) is 0 Å². The Bertz CT molecular complexity index is 1020. The molecule has 0 saturated carbocycles. The van der Waals surface area contributed by atoms with Crippen LogP contribution >= 0.6 is 6.72 Å². The maximum atomic E-state index is 9.89.